The summed E-state index contributed by atoms with van der Waals surface area (Å²) in [5.74, 6) is -0.134. The summed E-state index contributed by atoms with van der Waals surface area (Å²) in [6.45, 7) is 2.13. The average Bonchev–Trinajstić information content (AvgIpc) is 2.30. The summed E-state index contributed by atoms with van der Waals surface area (Å²) < 4.78 is 4.96. The molecule has 3 heteroatoms. The molecule has 1 rings (SSSR count). The molecule has 2 nitrogen and oxygen atoms in total. The van der Waals surface area contributed by atoms with Gasteiger partial charge in [-0.05, 0) is 12.0 Å². The molecule has 0 radical (unpaired) electrons. The van der Waals surface area contributed by atoms with Gasteiger partial charge in [0.2, 0.25) is 10.5 Å². The van der Waals surface area contributed by atoms with Crippen molar-refractivity contribution < 1.29 is 9.22 Å². The van der Waals surface area contributed by atoms with Crippen LogP contribution in [0.4, 0.5) is 0 Å². The molecule has 0 spiro atoms. The zero-order valence-electron chi connectivity index (χ0n) is 9.40. The van der Waals surface area contributed by atoms with Crippen molar-refractivity contribution >= 4 is 16.5 Å². The monoisotopic (exact) mass is 222 g/mol. The van der Waals surface area contributed by atoms with Gasteiger partial charge in [-0.3, -0.25) is 4.79 Å². The van der Waals surface area contributed by atoms with Crippen LogP contribution in [0.15, 0.2) is 30.3 Å². The van der Waals surface area contributed by atoms with E-state index in [1.54, 1.807) is 0 Å². The van der Waals surface area contributed by atoms with Gasteiger partial charge < -0.3 is 4.43 Å². The lowest BCUT2D eigenvalue weighted by Crippen LogP contribution is -2.14. The SMILES string of the molecule is CCCCC(C(=O)O[SiH3])c1ccccc1. The summed E-state index contributed by atoms with van der Waals surface area (Å²) in [6.07, 6.45) is 3.07. The van der Waals surface area contributed by atoms with Gasteiger partial charge >= 0.3 is 0 Å². The Kier molecular flexibility index (Phi) is 5.11. The van der Waals surface area contributed by atoms with Crippen molar-refractivity contribution in [3.8, 4) is 0 Å². The molecule has 0 aliphatic rings. The highest BCUT2D eigenvalue weighted by Gasteiger charge is 2.19. The quantitative estimate of drug-likeness (QED) is 0.710. The molecular formula is C12H18O2Si. The number of unbranched alkanes of at least 4 members (excludes halogenated alkanes) is 1. The van der Waals surface area contributed by atoms with E-state index in [-0.39, 0.29) is 11.9 Å². The zero-order chi connectivity index (χ0) is 11.1. The Bertz CT molecular complexity index is 298. The summed E-state index contributed by atoms with van der Waals surface area (Å²) in [7, 11) is 0.481. The Morgan fingerprint density at radius 3 is 2.60 bits per heavy atom. The minimum absolute atomic E-state index is 0.0661. The molecule has 0 aliphatic heterocycles. The molecule has 82 valence electrons. The highest BCUT2D eigenvalue weighted by atomic mass is 28.2. The van der Waals surface area contributed by atoms with Crippen LogP contribution in [-0.2, 0) is 9.22 Å². The van der Waals surface area contributed by atoms with Crippen LogP contribution in [0.5, 0.6) is 0 Å². The molecule has 0 aromatic heterocycles. The lowest BCUT2D eigenvalue weighted by molar-refractivity contribution is -0.135. The van der Waals surface area contributed by atoms with E-state index in [2.05, 4.69) is 6.92 Å². The summed E-state index contributed by atoms with van der Waals surface area (Å²) >= 11 is 0. The fraction of sp³-hybridized carbons (Fsp3) is 0.417. The third kappa shape index (κ3) is 3.51. The maximum Gasteiger partial charge on any atom is 0.299 e. The summed E-state index contributed by atoms with van der Waals surface area (Å²) in [6, 6.07) is 9.90. The first kappa shape index (κ1) is 12.0. The average molecular weight is 222 g/mol. The van der Waals surface area contributed by atoms with Gasteiger partial charge in [0.25, 0.3) is 5.97 Å². The van der Waals surface area contributed by atoms with E-state index in [1.165, 1.54) is 0 Å². The van der Waals surface area contributed by atoms with Crippen molar-refractivity contribution in [2.45, 2.75) is 32.1 Å². The lowest BCUT2D eigenvalue weighted by atomic mass is 9.94. The van der Waals surface area contributed by atoms with Crippen molar-refractivity contribution in [1.29, 1.82) is 0 Å². The van der Waals surface area contributed by atoms with Crippen LogP contribution in [-0.4, -0.2) is 16.5 Å². The second kappa shape index (κ2) is 6.40. The summed E-state index contributed by atoms with van der Waals surface area (Å²) in [4.78, 5) is 11.6. The van der Waals surface area contributed by atoms with Crippen LogP contribution < -0.4 is 0 Å². The molecule has 1 aromatic rings. The molecular weight excluding hydrogens is 204 g/mol. The van der Waals surface area contributed by atoms with Crippen molar-refractivity contribution in [1.82, 2.24) is 0 Å². The van der Waals surface area contributed by atoms with E-state index in [0.717, 1.165) is 24.8 Å². The smallest absolute Gasteiger partial charge is 0.299 e. The third-order valence-corrected chi connectivity index (χ3v) is 2.94. The Morgan fingerprint density at radius 2 is 2.07 bits per heavy atom. The second-order valence-corrected chi connectivity index (χ2v) is 4.04. The number of rotatable bonds is 5. The van der Waals surface area contributed by atoms with Crippen LogP contribution in [0.3, 0.4) is 0 Å². The van der Waals surface area contributed by atoms with E-state index in [4.69, 9.17) is 4.43 Å². The normalized spacial score (nSPS) is 12.3. The molecule has 0 amide bonds. The summed E-state index contributed by atoms with van der Waals surface area (Å²) in [5.41, 5.74) is 1.08. The van der Waals surface area contributed by atoms with Gasteiger partial charge in [0, 0.05) is 0 Å². The minimum Gasteiger partial charge on any atom is -0.528 e. The van der Waals surface area contributed by atoms with Crippen LogP contribution >= 0.6 is 0 Å². The first-order valence-electron chi connectivity index (χ1n) is 5.42. The van der Waals surface area contributed by atoms with E-state index < -0.39 is 0 Å². The molecule has 0 bridgehead atoms. The number of carbonyl (C=O) groups excluding carboxylic acids is 1. The van der Waals surface area contributed by atoms with Gasteiger partial charge in [-0.15, -0.1) is 0 Å². The number of carbonyl (C=O) groups is 1. The van der Waals surface area contributed by atoms with Crippen molar-refractivity contribution in [2.24, 2.45) is 0 Å². The molecule has 0 saturated heterocycles. The van der Waals surface area contributed by atoms with E-state index in [9.17, 15) is 4.79 Å². The van der Waals surface area contributed by atoms with Crippen LogP contribution in [0.2, 0.25) is 0 Å². The second-order valence-electron chi connectivity index (χ2n) is 3.63. The molecule has 0 saturated carbocycles. The number of hydrogen-bond donors (Lipinski definition) is 0. The molecule has 0 N–H and O–H groups in total. The number of benzene rings is 1. The maximum absolute atomic E-state index is 11.6. The Balaban J connectivity index is 2.76. The standard InChI is InChI=1S/C12H18O2Si/c1-2-3-9-11(12(13)14-15)10-7-5-4-6-8-10/h4-8,11H,2-3,9H2,1,15H3. The zero-order valence-corrected chi connectivity index (χ0v) is 11.4. The molecule has 1 atom stereocenters. The first-order chi connectivity index (χ1) is 7.29. The highest BCUT2D eigenvalue weighted by Crippen LogP contribution is 2.23. The van der Waals surface area contributed by atoms with Crippen LogP contribution in [0, 0.1) is 0 Å². The molecule has 0 heterocycles. The van der Waals surface area contributed by atoms with Gasteiger partial charge in [-0.1, -0.05) is 50.1 Å². The van der Waals surface area contributed by atoms with Crippen molar-refractivity contribution in [3.05, 3.63) is 35.9 Å². The fourth-order valence-corrected chi connectivity index (χ4v) is 1.94. The van der Waals surface area contributed by atoms with Gasteiger partial charge in [0.15, 0.2) is 0 Å². The van der Waals surface area contributed by atoms with Gasteiger partial charge in [-0.25, -0.2) is 0 Å². The Morgan fingerprint density at radius 1 is 1.40 bits per heavy atom. The topological polar surface area (TPSA) is 26.3 Å². The fourth-order valence-electron chi connectivity index (χ4n) is 1.66. The molecule has 1 aromatic carbocycles. The molecule has 15 heavy (non-hydrogen) atoms. The van der Waals surface area contributed by atoms with E-state index in [1.807, 2.05) is 30.3 Å². The molecule has 1 unspecified atom stereocenters. The largest absolute Gasteiger partial charge is 0.528 e. The first-order valence-corrected chi connectivity index (χ1v) is 6.24. The maximum atomic E-state index is 11.6. The lowest BCUT2D eigenvalue weighted by Gasteiger charge is -2.14. The summed E-state index contributed by atoms with van der Waals surface area (Å²) in [5, 5.41) is 0. The van der Waals surface area contributed by atoms with E-state index >= 15 is 0 Å². The van der Waals surface area contributed by atoms with Gasteiger partial charge in [0.1, 0.15) is 0 Å². The Hall–Kier alpha value is -1.09. The van der Waals surface area contributed by atoms with Crippen molar-refractivity contribution in [3.63, 3.8) is 0 Å². The minimum atomic E-state index is -0.0682. The molecule has 0 aliphatic carbocycles. The third-order valence-electron chi connectivity index (χ3n) is 2.53. The van der Waals surface area contributed by atoms with Crippen LogP contribution in [0.25, 0.3) is 0 Å². The van der Waals surface area contributed by atoms with Gasteiger partial charge in [-0.2, -0.15) is 0 Å². The van der Waals surface area contributed by atoms with Gasteiger partial charge in [0.05, 0.1) is 5.92 Å². The number of hydrogen-bond acceptors (Lipinski definition) is 2. The Labute approximate surface area is 94.2 Å². The van der Waals surface area contributed by atoms with E-state index in [0.29, 0.717) is 10.5 Å². The predicted octanol–water partition coefficient (Wildman–Crippen LogP) is 1.78. The predicted molar refractivity (Wildman–Crippen MR) is 64.7 cm³/mol. The van der Waals surface area contributed by atoms with Crippen molar-refractivity contribution in [2.75, 3.05) is 0 Å². The molecule has 0 fully saturated rings. The van der Waals surface area contributed by atoms with Crippen LogP contribution in [0.1, 0.15) is 37.7 Å². The highest BCUT2D eigenvalue weighted by molar-refractivity contribution is 6.06.